The molecule has 1 aromatic heterocycles. The smallest absolute Gasteiger partial charge is 0.223 e. The molecule has 2 aromatic rings. The highest BCUT2D eigenvalue weighted by Gasteiger charge is 2.46. The Bertz CT molecular complexity index is 721. The van der Waals surface area contributed by atoms with Crippen molar-refractivity contribution in [1.82, 2.24) is 15.6 Å². The zero-order valence-corrected chi connectivity index (χ0v) is 12.7. The van der Waals surface area contributed by atoms with Gasteiger partial charge in [0, 0.05) is 13.0 Å². The first kappa shape index (κ1) is 16.6. The van der Waals surface area contributed by atoms with Crippen LogP contribution in [0.25, 0.3) is 11.0 Å². The summed E-state index contributed by atoms with van der Waals surface area (Å²) in [6, 6.07) is 3.73. The van der Waals surface area contributed by atoms with Crippen LogP contribution in [0.2, 0.25) is 0 Å². The maximum atomic E-state index is 11.4. The Balaban J connectivity index is 1.84. The maximum absolute atomic E-state index is 11.4. The Hall–Kier alpha value is -2.27. The second kappa shape index (κ2) is 6.69. The molecular weight excluding hydrogens is 322 g/mol. The van der Waals surface area contributed by atoms with Gasteiger partial charge < -0.3 is 30.1 Å². The molecule has 1 fully saturated rings. The van der Waals surface area contributed by atoms with Gasteiger partial charge in [0.1, 0.15) is 41.1 Å². The molecule has 1 amide bonds. The third-order valence-electron chi connectivity index (χ3n) is 3.73. The molecule has 0 bridgehead atoms. The van der Waals surface area contributed by atoms with Crippen molar-refractivity contribution in [3.8, 4) is 5.75 Å². The summed E-state index contributed by atoms with van der Waals surface area (Å²) in [6.07, 6.45) is -4.91. The topological polar surface area (TPSA) is 147 Å². The third-order valence-corrected chi connectivity index (χ3v) is 3.73. The van der Waals surface area contributed by atoms with E-state index in [1.807, 2.05) is 0 Å². The first-order chi connectivity index (χ1) is 11.5. The quantitative estimate of drug-likeness (QED) is 0.525. The fourth-order valence-corrected chi connectivity index (χ4v) is 2.54. The molecule has 0 radical (unpaired) electrons. The van der Waals surface area contributed by atoms with Gasteiger partial charge in [-0.25, -0.2) is 4.63 Å². The lowest BCUT2D eigenvalue weighted by molar-refractivity contribution is -0.244. The van der Waals surface area contributed by atoms with Gasteiger partial charge in [-0.05, 0) is 22.4 Å². The highest BCUT2D eigenvalue weighted by Crippen LogP contribution is 2.26. The molecule has 10 heteroatoms. The summed E-state index contributed by atoms with van der Waals surface area (Å²) in [5.74, 6) is -0.0964. The van der Waals surface area contributed by atoms with E-state index >= 15 is 0 Å². The van der Waals surface area contributed by atoms with E-state index in [2.05, 4.69) is 20.3 Å². The summed E-state index contributed by atoms with van der Waals surface area (Å²) in [4.78, 5) is 11.4. The van der Waals surface area contributed by atoms with E-state index < -0.39 is 43.2 Å². The lowest BCUT2D eigenvalue weighted by Gasteiger charge is -2.42. The Morgan fingerprint density at radius 2 is 2.04 bits per heavy atom. The first-order valence-corrected chi connectivity index (χ1v) is 7.28. The summed E-state index contributed by atoms with van der Waals surface area (Å²) in [6.45, 7) is 0.749. The van der Waals surface area contributed by atoms with Gasteiger partial charge in [0.05, 0.1) is 6.61 Å². The average molecular weight is 339 g/mol. The Labute approximate surface area is 135 Å². The van der Waals surface area contributed by atoms with Crippen LogP contribution in [0.5, 0.6) is 5.75 Å². The van der Waals surface area contributed by atoms with Crippen LogP contribution >= 0.6 is 0 Å². The number of rotatable bonds is 4. The van der Waals surface area contributed by atoms with Crippen LogP contribution in [-0.2, 0) is 9.53 Å². The van der Waals surface area contributed by atoms with Crippen molar-refractivity contribution in [2.45, 2.75) is 37.6 Å². The molecule has 0 saturated carbocycles. The van der Waals surface area contributed by atoms with Crippen molar-refractivity contribution < 1.29 is 34.2 Å². The minimum atomic E-state index is -1.37. The van der Waals surface area contributed by atoms with Crippen LogP contribution in [0.3, 0.4) is 0 Å². The second-order valence-electron chi connectivity index (χ2n) is 5.47. The van der Waals surface area contributed by atoms with Crippen LogP contribution in [-0.4, -0.2) is 68.8 Å². The van der Waals surface area contributed by atoms with Crippen molar-refractivity contribution in [3.63, 3.8) is 0 Å². The van der Waals surface area contributed by atoms with Crippen molar-refractivity contribution in [2.75, 3.05) is 6.61 Å². The number of aliphatic hydroxyl groups excluding tert-OH is 3. The fourth-order valence-electron chi connectivity index (χ4n) is 2.54. The van der Waals surface area contributed by atoms with Crippen LogP contribution in [0.15, 0.2) is 22.8 Å². The Morgan fingerprint density at radius 3 is 2.75 bits per heavy atom. The van der Waals surface area contributed by atoms with Gasteiger partial charge >= 0.3 is 0 Å². The second-order valence-corrected chi connectivity index (χ2v) is 5.47. The number of carbonyl (C=O) groups is 1. The number of hydrogen-bond donors (Lipinski definition) is 4. The van der Waals surface area contributed by atoms with Gasteiger partial charge in [-0.1, -0.05) is 0 Å². The number of fused-ring (bicyclic) bond motifs is 1. The van der Waals surface area contributed by atoms with Crippen molar-refractivity contribution in [3.05, 3.63) is 18.2 Å². The fraction of sp³-hybridized carbons (Fsp3) is 0.500. The van der Waals surface area contributed by atoms with Crippen molar-refractivity contribution in [2.24, 2.45) is 0 Å². The van der Waals surface area contributed by atoms with Gasteiger partial charge in [-0.3, -0.25) is 4.79 Å². The number of hydrogen-bond acceptors (Lipinski definition) is 9. The van der Waals surface area contributed by atoms with Gasteiger partial charge in [-0.15, -0.1) is 0 Å². The van der Waals surface area contributed by atoms with Gasteiger partial charge in [0.15, 0.2) is 0 Å². The summed E-state index contributed by atoms with van der Waals surface area (Å²) in [7, 11) is 0. The molecule has 3 rings (SSSR count). The van der Waals surface area contributed by atoms with E-state index in [1.165, 1.54) is 6.92 Å². The number of aromatic nitrogens is 2. The first-order valence-electron chi connectivity index (χ1n) is 7.28. The summed E-state index contributed by atoms with van der Waals surface area (Å²) in [5.41, 5.74) is 0.993. The van der Waals surface area contributed by atoms with E-state index in [0.717, 1.165) is 0 Å². The van der Waals surface area contributed by atoms with Crippen LogP contribution in [0.4, 0.5) is 0 Å². The molecule has 1 aliphatic heterocycles. The average Bonchev–Trinajstić information content (AvgIpc) is 3.01. The summed E-state index contributed by atoms with van der Waals surface area (Å²) < 4.78 is 15.7. The Morgan fingerprint density at radius 1 is 1.29 bits per heavy atom. The standard InChI is InChI=1S/C14H17N3O7/c1-6(19)15-11-13(21)12(20)10(5-18)23-14(11)22-7-2-3-8-9(4-7)17-24-16-8/h2-4,10-14,18,20-21H,5H2,1H3,(H,15,19)/t10?,11?,12-,13-,14-/m1/s1. The predicted octanol–water partition coefficient (Wildman–Crippen LogP) is -1.45. The molecule has 1 aromatic carbocycles. The highest BCUT2D eigenvalue weighted by atomic mass is 16.7. The number of nitrogens with one attached hydrogen (secondary N) is 1. The number of nitrogens with zero attached hydrogens (tertiary/aromatic N) is 2. The molecular formula is C14H17N3O7. The van der Waals surface area contributed by atoms with E-state index in [9.17, 15) is 20.1 Å². The maximum Gasteiger partial charge on any atom is 0.223 e. The zero-order valence-electron chi connectivity index (χ0n) is 12.7. The number of ether oxygens (including phenoxy) is 2. The summed E-state index contributed by atoms with van der Waals surface area (Å²) >= 11 is 0. The van der Waals surface area contributed by atoms with Crippen LogP contribution < -0.4 is 10.1 Å². The molecule has 1 saturated heterocycles. The molecule has 10 nitrogen and oxygen atoms in total. The highest BCUT2D eigenvalue weighted by molar-refractivity contribution is 5.74. The molecule has 2 heterocycles. The van der Waals surface area contributed by atoms with Crippen molar-refractivity contribution in [1.29, 1.82) is 0 Å². The van der Waals surface area contributed by atoms with E-state index in [4.69, 9.17) is 9.47 Å². The molecule has 4 N–H and O–H groups in total. The lowest BCUT2D eigenvalue weighted by Crippen LogP contribution is -2.65. The van der Waals surface area contributed by atoms with Gasteiger partial charge in [-0.2, -0.15) is 0 Å². The number of aliphatic hydroxyl groups is 3. The molecule has 0 aliphatic carbocycles. The number of carbonyl (C=O) groups excluding carboxylic acids is 1. The molecule has 1 aliphatic rings. The van der Waals surface area contributed by atoms with Gasteiger partial charge in [0.2, 0.25) is 12.2 Å². The largest absolute Gasteiger partial charge is 0.462 e. The minimum absolute atomic E-state index is 0.332. The summed E-state index contributed by atoms with van der Waals surface area (Å²) in [5, 5.41) is 39.3. The SMILES string of the molecule is CC(=O)NC1[C@H](Oc2ccc3nonc3c2)OC(CO)[C@@H](O)[C@@H]1O. The van der Waals surface area contributed by atoms with E-state index in [1.54, 1.807) is 18.2 Å². The van der Waals surface area contributed by atoms with E-state index in [0.29, 0.717) is 16.8 Å². The Kier molecular flexibility index (Phi) is 4.62. The molecule has 2 unspecified atom stereocenters. The molecule has 24 heavy (non-hydrogen) atoms. The third kappa shape index (κ3) is 3.17. The molecule has 130 valence electrons. The predicted molar refractivity (Wildman–Crippen MR) is 77.8 cm³/mol. The van der Waals surface area contributed by atoms with Crippen LogP contribution in [0.1, 0.15) is 6.92 Å². The lowest BCUT2D eigenvalue weighted by atomic mass is 9.97. The van der Waals surface area contributed by atoms with Crippen molar-refractivity contribution >= 4 is 16.9 Å². The van der Waals surface area contributed by atoms with Crippen LogP contribution in [0, 0.1) is 0 Å². The normalized spacial score (nSPS) is 30.2. The molecule has 5 atom stereocenters. The zero-order chi connectivity index (χ0) is 17.3. The number of benzene rings is 1. The number of amides is 1. The minimum Gasteiger partial charge on any atom is -0.462 e. The van der Waals surface area contributed by atoms with Gasteiger partial charge in [0.25, 0.3) is 0 Å². The molecule has 0 spiro atoms. The monoisotopic (exact) mass is 339 g/mol. The van der Waals surface area contributed by atoms with E-state index in [-0.39, 0.29) is 0 Å².